The zero-order valence-corrected chi connectivity index (χ0v) is 16.7. The lowest BCUT2D eigenvalue weighted by molar-refractivity contribution is 0.0685. The fourth-order valence-electron chi connectivity index (χ4n) is 3.73. The molecule has 3 aromatic rings. The lowest BCUT2D eigenvalue weighted by Crippen LogP contribution is -2.34. The second-order valence-corrected chi connectivity index (χ2v) is 7.67. The third kappa shape index (κ3) is 3.78. The molecule has 2 aromatic carbocycles. The number of rotatable bonds is 5. The number of nitrogens with zero attached hydrogens (tertiary/aromatic N) is 3. The zero-order valence-electron chi connectivity index (χ0n) is 16.7. The van der Waals surface area contributed by atoms with Gasteiger partial charge in [0.1, 0.15) is 17.5 Å². The number of carbonyl (C=O) groups is 1. The van der Waals surface area contributed by atoms with Crippen LogP contribution in [-0.2, 0) is 4.74 Å². The highest BCUT2D eigenvalue weighted by Gasteiger charge is 2.49. The molecule has 0 aliphatic carbocycles. The van der Waals surface area contributed by atoms with Gasteiger partial charge in [0.25, 0.3) is 0 Å². The van der Waals surface area contributed by atoms with Gasteiger partial charge in [0.15, 0.2) is 0 Å². The molecule has 0 radical (unpaired) electrons. The zero-order chi connectivity index (χ0) is 20.4. The van der Waals surface area contributed by atoms with Gasteiger partial charge in [-0.15, -0.1) is 0 Å². The van der Waals surface area contributed by atoms with Crippen LogP contribution in [0, 0.1) is 0 Å². The van der Waals surface area contributed by atoms with Gasteiger partial charge in [-0.3, -0.25) is 0 Å². The summed E-state index contributed by atoms with van der Waals surface area (Å²) < 4.78 is 5.68. The van der Waals surface area contributed by atoms with Gasteiger partial charge in [0.2, 0.25) is 5.95 Å². The van der Waals surface area contributed by atoms with Crippen LogP contribution >= 0.6 is 0 Å². The predicted octanol–water partition coefficient (Wildman–Crippen LogP) is 5.13. The van der Waals surface area contributed by atoms with Gasteiger partial charge in [0, 0.05) is 6.20 Å². The minimum Gasteiger partial charge on any atom is -0.440 e. The van der Waals surface area contributed by atoms with Crippen LogP contribution in [-0.4, -0.2) is 21.7 Å². The number of ether oxygens (including phenoxy) is 1. The molecule has 148 valence electrons. The highest BCUT2D eigenvalue weighted by atomic mass is 16.6. The van der Waals surface area contributed by atoms with Crippen LogP contribution in [0.5, 0.6) is 0 Å². The maximum absolute atomic E-state index is 12.8. The standard InChI is InChI=1S/C23H24N4O2/c1-16(17-10-6-4-7-11-17)25-21-24-15-14-19(26-21)27-20(18-12-8-5-9-13-18)23(2,3)29-22(27)28/h4-16,20H,1-3H3,(H,24,25,26). The van der Waals surface area contributed by atoms with E-state index in [-0.39, 0.29) is 12.1 Å². The SMILES string of the molecule is CC(Nc1nccc(N2C(=O)OC(C)(C)C2c2ccccc2)n1)c1ccccc1. The van der Waals surface area contributed by atoms with Crippen molar-refractivity contribution in [3.63, 3.8) is 0 Å². The van der Waals surface area contributed by atoms with Crippen molar-refractivity contribution in [3.05, 3.63) is 84.1 Å². The predicted molar refractivity (Wildman–Crippen MR) is 113 cm³/mol. The summed E-state index contributed by atoms with van der Waals surface area (Å²) in [5, 5.41) is 3.31. The molecule has 1 aliphatic rings. The molecular weight excluding hydrogens is 364 g/mol. The summed E-state index contributed by atoms with van der Waals surface area (Å²) in [4.78, 5) is 23.3. The number of hydrogen-bond acceptors (Lipinski definition) is 5. The van der Waals surface area contributed by atoms with Gasteiger partial charge >= 0.3 is 6.09 Å². The average Bonchev–Trinajstić information content (AvgIpc) is 2.97. The number of cyclic esters (lactones) is 1. The number of carbonyl (C=O) groups excluding carboxylic acids is 1. The molecule has 0 spiro atoms. The molecule has 2 unspecified atom stereocenters. The van der Waals surface area contributed by atoms with Crippen LogP contribution in [0.25, 0.3) is 0 Å². The third-order valence-electron chi connectivity index (χ3n) is 5.11. The molecule has 0 saturated carbocycles. The van der Waals surface area contributed by atoms with Crippen LogP contribution in [0.4, 0.5) is 16.6 Å². The lowest BCUT2D eigenvalue weighted by atomic mass is 9.91. The van der Waals surface area contributed by atoms with E-state index < -0.39 is 11.7 Å². The molecule has 29 heavy (non-hydrogen) atoms. The molecule has 1 saturated heterocycles. The van der Waals surface area contributed by atoms with Crippen molar-refractivity contribution in [2.24, 2.45) is 0 Å². The summed E-state index contributed by atoms with van der Waals surface area (Å²) in [7, 11) is 0. The van der Waals surface area contributed by atoms with Crippen molar-refractivity contribution in [2.75, 3.05) is 10.2 Å². The number of anilines is 2. The maximum Gasteiger partial charge on any atom is 0.416 e. The summed E-state index contributed by atoms with van der Waals surface area (Å²) in [5.74, 6) is 0.968. The molecule has 1 aliphatic heterocycles. The second kappa shape index (κ2) is 7.54. The Morgan fingerprint density at radius 2 is 1.69 bits per heavy atom. The van der Waals surface area contributed by atoms with Gasteiger partial charge in [-0.25, -0.2) is 14.7 Å². The Labute approximate surface area is 170 Å². The molecule has 6 nitrogen and oxygen atoms in total. The van der Waals surface area contributed by atoms with Gasteiger partial charge in [0.05, 0.1) is 6.04 Å². The normalized spacial score (nSPS) is 18.9. The quantitative estimate of drug-likeness (QED) is 0.656. The minimum atomic E-state index is -0.686. The molecular formula is C23H24N4O2. The first-order valence-corrected chi connectivity index (χ1v) is 9.67. The maximum atomic E-state index is 12.8. The Kier molecular flexibility index (Phi) is 4.92. The van der Waals surface area contributed by atoms with Gasteiger partial charge in [-0.05, 0) is 38.0 Å². The van der Waals surface area contributed by atoms with E-state index in [0.717, 1.165) is 11.1 Å². The average molecular weight is 388 g/mol. The van der Waals surface area contributed by atoms with Crippen molar-refractivity contribution < 1.29 is 9.53 Å². The first kappa shape index (κ1) is 18.9. The van der Waals surface area contributed by atoms with E-state index in [4.69, 9.17) is 4.74 Å². The van der Waals surface area contributed by atoms with Crippen LogP contribution in [0.3, 0.4) is 0 Å². The molecule has 4 rings (SSSR count). The van der Waals surface area contributed by atoms with Gasteiger partial charge < -0.3 is 10.1 Å². The fourth-order valence-corrected chi connectivity index (χ4v) is 3.73. The molecule has 6 heteroatoms. The van der Waals surface area contributed by atoms with Crippen molar-refractivity contribution in [3.8, 4) is 0 Å². The summed E-state index contributed by atoms with van der Waals surface area (Å²) in [6.07, 6.45) is 1.24. The number of aromatic nitrogens is 2. The van der Waals surface area contributed by atoms with Crippen molar-refractivity contribution in [1.29, 1.82) is 0 Å². The van der Waals surface area contributed by atoms with Crippen molar-refractivity contribution in [1.82, 2.24) is 9.97 Å². The summed E-state index contributed by atoms with van der Waals surface area (Å²) >= 11 is 0. The molecule has 1 aromatic heterocycles. The first-order chi connectivity index (χ1) is 14.0. The van der Waals surface area contributed by atoms with Crippen molar-refractivity contribution in [2.45, 2.75) is 38.5 Å². The van der Waals surface area contributed by atoms with Gasteiger partial charge in [-0.1, -0.05) is 60.7 Å². The third-order valence-corrected chi connectivity index (χ3v) is 5.11. The summed E-state index contributed by atoms with van der Waals surface area (Å²) in [5.41, 5.74) is 1.44. The Morgan fingerprint density at radius 1 is 1.03 bits per heavy atom. The second-order valence-electron chi connectivity index (χ2n) is 7.67. The highest BCUT2D eigenvalue weighted by molar-refractivity contribution is 5.90. The van der Waals surface area contributed by atoms with Crippen LogP contribution in [0.1, 0.15) is 44.0 Å². The Bertz CT molecular complexity index is 992. The van der Waals surface area contributed by atoms with Crippen LogP contribution < -0.4 is 10.2 Å². The van der Waals surface area contributed by atoms with E-state index in [9.17, 15) is 4.79 Å². The topological polar surface area (TPSA) is 67.4 Å². The van der Waals surface area contributed by atoms with E-state index in [2.05, 4.69) is 15.3 Å². The molecule has 1 N–H and O–H groups in total. The first-order valence-electron chi connectivity index (χ1n) is 9.67. The van der Waals surface area contributed by atoms with Crippen LogP contribution in [0.15, 0.2) is 72.9 Å². The summed E-state index contributed by atoms with van der Waals surface area (Å²) in [6.45, 7) is 5.88. The monoisotopic (exact) mass is 388 g/mol. The van der Waals surface area contributed by atoms with E-state index in [1.807, 2.05) is 81.4 Å². The van der Waals surface area contributed by atoms with E-state index in [1.165, 1.54) is 0 Å². The van der Waals surface area contributed by atoms with E-state index >= 15 is 0 Å². The molecule has 1 fully saturated rings. The Morgan fingerprint density at radius 3 is 2.38 bits per heavy atom. The smallest absolute Gasteiger partial charge is 0.416 e. The number of amides is 1. The highest BCUT2D eigenvalue weighted by Crippen LogP contribution is 2.43. The van der Waals surface area contributed by atoms with Crippen molar-refractivity contribution >= 4 is 17.9 Å². The Balaban J connectivity index is 1.65. The molecule has 1 amide bonds. The molecule has 2 heterocycles. The Hall–Kier alpha value is -3.41. The minimum absolute atomic E-state index is 0.0262. The summed E-state index contributed by atoms with van der Waals surface area (Å²) in [6, 6.07) is 21.4. The number of benzene rings is 2. The van der Waals surface area contributed by atoms with Crippen LogP contribution in [0.2, 0.25) is 0 Å². The number of hydrogen-bond donors (Lipinski definition) is 1. The van der Waals surface area contributed by atoms with Gasteiger partial charge in [-0.2, -0.15) is 4.98 Å². The largest absolute Gasteiger partial charge is 0.440 e. The lowest BCUT2D eigenvalue weighted by Gasteiger charge is -2.28. The molecule has 0 bridgehead atoms. The number of nitrogens with one attached hydrogen (secondary N) is 1. The van der Waals surface area contributed by atoms with E-state index in [0.29, 0.717) is 11.8 Å². The molecule has 2 atom stereocenters. The van der Waals surface area contributed by atoms with E-state index in [1.54, 1.807) is 17.2 Å². The fraction of sp³-hybridized carbons (Fsp3) is 0.261.